The topological polar surface area (TPSA) is 228 Å². The monoisotopic (exact) mass is 1190 g/mol. The number of H-pyrrole nitrogens is 1. The Morgan fingerprint density at radius 2 is 1.70 bits per heavy atom. The second kappa shape index (κ2) is 21.9. The number of piperidine rings is 1. The van der Waals surface area contributed by atoms with Gasteiger partial charge in [-0.25, -0.2) is 13.1 Å². The van der Waals surface area contributed by atoms with Crippen LogP contribution in [0.3, 0.4) is 0 Å². The van der Waals surface area contributed by atoms with Gasteiger partial charge in [0.15, 0.2) is 17.2 Å². The highest BCUT2D eigenvalue weighted by Crippen LogP contribution is 2.55. The van der Waals surface area contributed by atoms with E-state index in [0.29, 0.717) is 67.5 Å². The van der Waals surface area contributed by atoms with Crippen molar-refractivity contribution in [2.45, 2.75) is 126 Å². The summed E-state index contributed by atoms with van der Waals surface area (Å²) in [6, 6.07) is 20.7. The molecule has 3 aromatic carbocycles. The van der Waals surface area contributed by atoms with Crippen molar-refractivity contribution in [3.63, 3.8) is 0 Å². The van der Waals surface area contributed by atoms with Gasteiger partial charge in [-0.15, -0.1) is 0 Å². The average Bonchev–Trinajstić information content (AvgIpc) is 0.987. The zero-order valence-corrected chi connectivity index (χ0v) is 50.3. The van der Waals surface area contributed by atoms with E-state index < -0.39 is 37.5 Å². The molecule has 6 aromatic rings. The van der Waals surface area contributed by atoms with Gasteiger partial charge < -0.3 is 48.4 Å². The molecule has 5 atom stereocenters. The molecule has 1 aliphatic carbocycles. The molecule has 10 heterocycles. The van der Waals surface area contributed by atoms with Crippen molar-refractivity contribution in [3.05, 3.63) is 127 Å². The van der Waals surface area contributed by atoms with Crippen molar-refractivity contribution in [2.24, 2.45) is 18.4 Å². The molecule has 1 unspecified atom stereocenters. The SMILES string of the molecule is Cc1ccccc1[C@@H]1CN(C(C)c2cn(C)c(=O)c3c2C(C)(C)CCO3)CCN1C1CC2(CCN(c3ccc(C(=O)NS(=O)(=O)c4cc5c(c([N+](=O)[O-])c4)N[C@H](C4CCOCC4)CO5)c(N4c5cc6cc[nH]c6nc5O[C@H]5COCC[C@@H]54)c3)CC2)C1. The summed E-state index contributed by atoms with van der Waals surface area (Å²) in [6.45, 7) is 15.9. The first-order chi connectivity index (χ1) is 41.4. The summed E-state index contributed by atoms with van der Waals surface area (Å²) in [5.41, 5.74) is 7.12. The van der Waals surface area contributed by atoms with E-state index in [4.69, 9.17) is 28.7 Å². The van der Waals surface area contributed by atoms with Crippen LogP contribution in [0.1, 0.15) is 117 Å². The Balaban J connectivity index is 0.731. The number of rotatable bonds is 11. The number of ether oxygens (including phenoxy) is 5. The minimum absolute atomic E-state index is 0.0217. The summed E-state index contributed by atoms with van der Waals surface area (Å²) in [6.07, 6.45) is 10.5. The minimum atomic E-state index is -4.73. The highest BCUT2D eigenvalue weighted by Gasteiger charge is 2.51. The van der Waals surface area contributed by atoms with Crippen LogP contribution in [0.2, 0.25) is 0 Å². The minimum Gasteiger partial charge on any atom is -0.489 e. The van der Waals surface area contributed by atoms with Crippen molar-refractivity contribution >= 4 is 55.4 Å². The fraction of sp³-hybridized carbons (Fsp3) is 0.516. The van der Waals surface area contributed by atoms with Crippen LogP contribution in [0.25, 0.3) is 11.0 Å². The number of aromatic amines is 1. The number of hydrogen-bond donors (Lipinski definition) is 3. The molecule has 1 amide bonds. The Labute approximate surface area is 500 Å². The van der Waals surface area contributed by atoms with Crippen LogP contribution in [0, 0.1) is 28.4 Å². The Kier molecular flexibility index (Phi) is 14.4. The zero-order chi connectivity index (χ0) is 59.4. The van der Waals surface area contributed by atoms with E-state index in [1.54, 1.807) is 10.6 Å². The van der Waals surface area contributed by atoms with Gasteiger partial charge in [-0.2, -0.15) is 4.98 Å². The highest BCUT2D eigenvalue weighted by molar-refractivity contribution is 7.90. The molecule has 1 spiro atoms. The van der Waals surface area contributed by atoms with E-state index in [0.717, 1.165) is 106 Å². The molecular weight excluding hydrogens is 1120 g/mol. The van der Waals surface area contributed by atoms with E-state index in [9.17, 15) is 28.1 Å². The molecule has 14 rings (SSSR count). The van der Waals surface area contributed by atoms with Crippen LogP contribution in [0.15, 0.2) is 88.8 Å². The average molecular weight is 1190 g/mol. The molecule has 0 bridgehead atoms. The predicted molar refractivity (Wildman–Crippen MR) is 325 cm³/mol. The number of aromatic nitrogens is 3. The number of fused-ring (bicyclic) bond motifs is 5. The number of piperazine rings is 1. The Bertz CT molecular complexity index is 3830. The van der Waals surface area contributed by atoms with E-state index >= 15 is 0 Å². The van der Waals surface area contributed by atoms with Crippen LogP contribution in [0.5, 0.6) is 17.4 Å². The number of amides is 1. The molecule has 7 aliphatic heterocycles. The molecule has 3 N–H and O–H groups in total. The van der Waals surface area contributed by atoms with Gasteiger partial charge in [-0.05, 0) is 129 Å². The molecule has 21 nitrogen and oxygen atoms in total. The first-order valence-corrected chi connectivity index (χ1v) is 32.1. The lowest BCUT2D eigenvalue weighted by Crippen LogP contribution is -2.60. The number of benzene rings is 3. The third kappa shape index (κ3) is 10.0. The van der Waals surface area contributed by atoms with Crippen LogP contribution in [-0.2, 0) is 32.0 Å². The van der Waals surface area contributed by atoms with Gasteiger partial charge in [0.05, 0.1) is 46.4 Å². The largest absolute Gasteiger partial charge is 0.489 e. The fourth-order valence-corrected chi connectivity index (χ4v) is 16.5. The van der Waals surface area contributed by atoms with Crippen molar-refractivity contribution in [3.8, 4) is 17.4 Å². The molecule has 3 aromatic heterocycles. The maximum Gasteiger partial charge on any atom is 0.297 e. The summed E-state index contributed by atoms with van der Waals surface area (Å²) < 4.78 is 63.3. The van der Waals surface area contributed by atoms with Gasteiger partial charge in [0, 0.05) is 119 Å². The second-order valence-corrected chi connectivity index (χ2v) is 27.6. The number of nitro benzene ring substituents is 1. The van der Waals surface area contributed by atoms with Gasteiger partial charge in [-0.3, -0.25) is 29.5 Å². The number of carbonyl (C=O) groups is 1. The van der Waals surface area contributed by atoms with Crippen molar-refractivity contribution in [1.29, 1.82) is 0 Å². The lowest BCUT2D eigenvalue weighted by Gasteiger charge is -2.58. The Morgan fingerprint density at radius 1 is 0.907 bits per heavy atom. The molecule has 454 valence electrons. The Hall–Kier alpha value is -7.24. The lowest BCUT2D eigenvalue weighted by atomic mass is 9.59. The first kappa shape index (κ1) is 56.6. The lowest BCUT2D eigenvalue weighted by molar-refractivity contribution is -0.384. The highest BCUT2D eigenvalue weighted by atomic mass is 32.2. The summed E-state index contributed by atoms with van der Waals surface area (Å²) in [5.74, 6) is 0.132. The number of nitro groups is 1. The number of sulfonamides is 1. The number of nitrogens with zero attached hydrogens (tertiary/aromatic N) is 7. The normalized spacial score (nSPS) is 24.4. The number of anilines is 4. The number of hydrogen-bond acceptors (Lipinski definition) is 17. The molecule has 5 fully saturated rings. The number of carbonyl (C=O) groups excluding carboxylic acids is 1. The van der Waals surface area contributed by atoms with Crippen molar-refractivity contribution in [1.82, 2.24) is 29.1 Å². The maximum atomic E-state index is 15.0. The molecule has 4 saturated heterocycles. The van der Waals surface area contributed by atoms with Gasteiger partial charge in [0.25, 0.3) is 27.2 Å². The zero-order valence-electron chi connectivity index (χ0n) is 49.5. The molecule has 8 aliphatic rings. The fourth-order valence-electron chi connectivity index (χ4n) is 15.5. The molecule has 0 radical (unpaired) electrons. The van der Waals surface area contributed by atoms with Crippen molar-refractivity contribution < 1.29 is 41.8 Å². The quantitative estimate of drug-likeness (QED) is 0.0813. The van der Waals surface area contributed by atoms with Gasteiger partial charge in [0.1, 0.15) is 24.0 Å². The summed E-state index contributed by atoms with van der Waals surface area (Å²) in [7, 11) is -2.89. The second-order valence-electron chi connectivity index (χ2n) is 25.9. The summed E-state index contributed by atoms with van der Waals surface area (Å²) in [5, 5.41) is 16.7. The first-order valence-electron chi connectivity index (χ1n) is 30.6. The Morgan fingerprint density at radius 3 is 2.49 bits per heavy atom. The summed E-state index contributed by atoms with van der Waals surface area (Å²) in [4.78, 5) is 57.9. The van der Waals surface area contributed by atoms with E-state index in [1.165, 1.54) is 17.2 Å². The van der Waals surface area contributed by atoms with Crippen LogP contribution >= 0.6 is 0 Å². The van der Waals surface area contributed by atoms with Gasteiger partial charge in [0.2, 0.25) is 5.88 Å². The smallest absolute Gasteiger partial charge is 0.297 e. The molecule has 1 saturated carbocycles. The van der Waals surface area contributed by atoms with E-state index in [-0.39, 0.29) is 76.7 Å². The summed E-state index contributed by atoms with van der Waals surface area (Å²) >= 11 is 0. The number of aryl methyl sites for hydroxylation is 2. The maximum absolute atomic E-state index is 15.0. The standard InChI is InChI=1S/C64H76N10O11S/c1-38-8-6-7-9-45(38)53-35-71(39(2)47-34-69(5)62(76)58-56(47)63(3,4)18-27-83-58)22-23-72(53)43-32-64(33-43)16-20-70(21-17-64)42-10-11-46(50(29-42)73-49-15-26-82-37-55(49)85-61-52(73)28-41-12-19-65-59(41)67-61)60(75)68-86(79,80)44-30-51(74(77)78)57-54(31-44)84-36-48(66-57)40-13-24-81-25-14-40/h6-12,19,28-31,34,39-40,43,48-49,53,55,66H,13-18,20-27,32-33,35-37H2,1-5H3,(H,65,67)(H,68,75)/t39?,48-,49-,53-,55-/m0/s1. The van der Waals surface area contributed by atoms with Crippen molar-refractivity contribution in [2.75, 3.05) is 87.5 Å². The van der Waals surface area contributed by atoms with Gasteiger partial charge >= 0.3 is 0 Å². The van der Waals surface area contributed by atoms with Gasteiger partial charge in [-0.1, -0.05) is 38.1 Å². The molecule has 86 heavy (non-hydrogen) atoms. The van der Waals surface area contributed by atoms with E-state index in [1.807, 2.05) is 43.7 Å². The third-order valence-electron chi connectivity index (χ3n) is 20.5. The van der Waals surface area contributed by atoms with E-state index in [2.05, 4.69) is 86.6 Å². The van der Waals surface area contributed by atoms with Crippen LogP contribution < -0.4 is 39.6 Å². The van der Waals surface area contributed by atoms with Crippen LogP contribution in [0.4, 0.5) is 28.4 Å². The van der Waals surface area contributed by atoms with Crippen LogP contribution in [-0.4, -0.2) is 140 Å². The molecular formula is C64H76N10O11S. The number of nitrogens with one attached hydrogen (secondary N) is 3. The predicted octanol–water partition coefficient (Wildman–Crippen LogP) is 8.81. The molecule has 22 heteroatoms. The number of pyridine rings is 2. The third-order valence-corrected chi connectivity index (χ3v) is 21.8.